The summed E-state index contributed by atoms with van der Waals surface area (Å²) in [7, 11) is 0. The van der Waals surface area contributed by atoms with Crippen LogP contribution in [0.25, 0.3) is 0 Å². The lowest BCUT2D eigenvalue weighted by atomic mass is 10.1. The van der Waals surface area contributed by atoms with Crippen molar-refractivity contribution in [2.45, 2.75) is 45.2 Å². The molecule has 2 N–H and O–H groups in total. The van der Waals surface area contributed by atoms with E-state index in [1.807, 2.05) is 4.90 Å². The van der Waals surface area contributed by atoms with Crippen LogP contribution in [0.5, 0.6) is 0 Å². The third-order valence-electron chi connectivity index (χ3n) is 3.03. The predicted molar refractivity (Wildman–Crippen MR) is 59.5 cm³/mol. The minimum absolute atomic E-state index is 0.111. The number of rotatable bonds is 5. The van der Waals surface area contributed by atoms with E-state index < -0.39 is 0 Å². The fourth-order valence-corrected chi connectivity index (χ4v) is 2.24. The van der Waals surface area contributed by atoms with Gasteiger partial charge < -0.3 is 15.4 Å². The van der Waals surface area contributed by atoms with Crippen LogP contribution in [0.3, 0.4) is 0 Å². The molecule has 1 amide bonds. The molecule has 0 aromatic heterocycles. The van der Waals surface area contributed by atoms with Crippen molar-refractivity contribution < 1.29 is 9.53 Å². The van der Waals surface area contributed by atoms with Gasteiger partial charge in [-0.2, -0.15) is 0 Å². The van der Waals surface area contributed by atoms with Crippen LogP contribution in [0.15, 0.2) is 0 Å². The van der Waals surface area contributed by atoms with Crippen molar-refractivity contribution in [2.75, 3.05) is 19.8 Å². The summed E-state index contributed by atoms with van der Waals surface area (Å²) in [6.07, 6.45) is 3.27. The molecule has 0 aromatic carbocycles. The zero-order valence-electron chi connectivity index (χ0n) is 9.74. The van der Waals surface area contributed by atoms with Crippen molar-refractivity contribution in [3.63, 3.8) is 0 Å². The molecule has 0 spiro atoms. The Morgan fingerprint density at radius 1 is 1.53 bits per heavy atom. The van der Waals surface area contributed by atoms with E-state index in [0.29, 0.717) is 25.2 Å². The number of nitrogens with two attached hydrogens (primary N) is 1. The number of carbonyl (C=O) groups is 1. The number of likely N-dealkylation sites (tertiary alicyclic amines) is 1. The molecule has 0 aromatic rings. The molecule has 0 saturated carbocycles. The van der Waals surface area contributed by atoms with Gasteiger partial charge in [-0.05, 0) is 26.2 Å². The molecule has 0 aliphatic carbocycles. The molecule has 15 heavy (non-hydrogen) atoms. The van der Waals surface area contributed by atoms with Crippen molar-refractivity contribution in [3.8, 4) is 0 Å². The monoisotopic (exact) mass is 214 g/mol. The fourth-order valence-electron chi connectivity index (χ4n) is 2.24. The third kappa shape index (κ3) is 3.18. The van der Waals surface area contributed by atoms with Crippen LogP contribution in [0, 0.1) is 0 Å². The summed E-state index contributed by atoms with van der Waals surface area (Å²) in [4.78, 5) is 13.8. The minimum atomic E-state index is 0.111. The highest BCUT2D eigenvalue weighted by atomic mass is 16.5. The number of carbonyl (C=O) groups excluding carboxylic acids is 1. The lowest BCUT2D eigenvalue weighted by molar-refractivity contribution is -0.138. The van der Waals surface area contributed by atoms with E-state index in [9.17, 15) is 4.79 Å². The highest BCUT2D eigenvalue weighted by Gasteiger charge is 2.32. The molecular weight excluding hydrogens is 192 g/mol. The number of amides is 1. The van der Waals surface area contributed by atoms with Crippen LogP contribution in [0.2, 0.25) is 0 Å². The number of hydrogen-bond acceptors (Lipinski definition) is 3. The molecule has 1 rings (SSSR count). The molecule has 4 heteroatoms. The zero-order valence-corrected chi connectivity index (χ0v) is 9.74. The maximum atomic E-state index is 11.9. The predicted octanol–water partition coefficient (Wildman–Crippen LogP) is 0.751. The van der Waals surface area contributed by atoms with Gasteiger partial charge in [0.1, 0.15) is 6.61 Å². The van der Waals surface area contributed by atoms with E-state index in [1.54, 1.807) is 0 Å². The largest absolute Gasteiger partial charge is 0.370 e. The Labute approximate surface area is 91.8 Å². The van der Waals surface area contributed by atoms with Gasteiger partial charge in [0.2, 0.25) is 5.91 Å². The first-order valence-electron chi connectivity index (χ1n) is 5.79. The van der Waals surface area contributed by atoms with Gasteiger partial charge in [0.05, 0.1) is 6.61 Å². The number of ether oxygens (including phenoxy) is 1. The maximum Gasteiger partial charge on any atom is 0.249 e. The van der Waals surface area contributed by atoms with Crippen molar-refractivity contribution in [2.24, 2.45) is 5.73 Å². The highest BCUT2D eigenvalue weighted by molar-refractivity contribution is 5.78. The average molecular weight is 214 g/mol. The minimum Gasteiger partial charge on any atom is -0.370 e. The quantitative estimate of drug-likeness (QED) is 0.687. The summed E-state index contributed by atoms with van der Waals surface area (Å²) in [5, 5.41) is 0. The molecule has 1 fully saturated rings. The first kappa shape index (κ1) is 12.5. The van der Waals surface area contributed by atoms with Gasteiger partial charge in [0.15, 0.2) is 0 Å². The molecule has 1 aliphatic rings. The first-order chi connectivity index (χ1) is 7.20. The summed E-state index contributed by atoms with van der Waals surface area (Å²) in [6, 6.07) is 0.776. The average Bonchev–Trinajstić information content (AvgIpc) is 2.59. The Hall–Kier alpha value is -0.610. The zero-order chi connectivity index (χ0) is 11.3. The lowest BCUT2D eigenvalue weighted by Gasteiger charge is -2.27. The molecule has 88 valence electrons. The van der Waals surface area contributed by atoms with E-state index in [0.717, 1.165) is 19.3 Å². The molecular formula is C11H22N2O2. The van der Waals surface area contributed by atoms with Gasteiger partial charge in [-0.1, -0.05) is 6.92 Å². The molecule has 0 bridgehead atoms. The SMILES string of the molecule is CCC1CCC(C)N1C(=O)COCCN. The van der Waals surface area contributed by atoms with Gasteiger partial charge in [0, 0.05) is 18.6 Å². The van der Waals surface area contributed by atoms with Crippen LogP contribution < -0.4 is 5.73 Å². The molecule has 1 saturated heterocycles. The van der Waals surface area contributed by atoms with E-state index in [4.69, 9.17) is 10.5 Å². The summed E-state index contributed by atoms with van der Waals surface area (Å²) in [5.74, 6) is 0.111. The van der Waals surface area contributed by atoms with E-state index in [2.05, 4.69) is 13.8 Å². The fraction of sp³-hybridized carbons (Fsp3) is 0.909. The summed E-state index contributed by atoms with van der Waals surface area (Å²) < 4.78 is 5.18. The van der Waals surface area contributed by atoms with Gasteiger partial charge in [-0.3, -0.25) is 4.79 Å². The first-order valence-corrected chi connectivity index (χ1v) is 5.79. The van der Waals surface area contributed by atoms with E-state index in [-0.39, 0.29) is 12.5 Å². The molecule has 2 atom stereocenters. The standard InChI is InChI=1S/C11H22N2O2/c1-3-10-5-4-9(2)13(10)11(14)8-15-7-6-12/h9-10H,3-8,12H2,1-2H3. The lowest BCUT2D eigenvalue weighted by Crippen LogP contribution is -2.42. The third-order valence-corrected chi connectivity index (χ3v) is 3.03. The summed E-state index contributed by atoms with van der Waals surface area (Å²) >= 11 is 0. The Morgan fingerprint density at radius 3 is 2.87 bits per heavy atom. The number of nitrogens with zero attached hydrogens (tertiary/aromatic N) is 1. The second kappa shape index (κ2) is 6.08. The highest BCUT2D eigenvalue weighted by Crippen LogP contribution is 2.25. The van der Waals surface area contributed by atoms with Crippen LogP contribution in [0.1, 0.15) is 33.1 Å². The van der Waals surface area contributed by atoms with E-state index >= 15 is 0 Å². The molecule has 2 unspecified atom stereocenters. The maximum absolute atomic E-state index is 11.9. The summed E-state index contributed by atoms with van der Waals surface area (Å²) in [5.41, 5.74) is 5.30. The molecule has 1 heterocycles. The van der Waals surface area contributed by atoms with Crippen LogP contribution in [0.4, 0.5) is 0 Å². The van der Waals surface area contributed by atoms with E-state index in [1.165, 1.54) is 0 Å². The van der Waals surface area contributed by atoms with Crippen molar-refractivity contribution in [1.29, 1.82) is 0 Å². The van der Waals surface area contributed by atoms with Crippen molar-refractivity contribution in [3.05, 3.63) is 0 Å². The molecule has 4 nitrogen and oxygen atoms in total. The van der Waals surface area contributed by atoms with Crippen LogP contribution in [-0.4, -0.2) is 42.6 Å². The number of hydrogen-bond donors (Lipinski definition) is 1. The summed E-state index contributed by atoms with van der Waals surface area (Å²) in [6.45, 7) is 5.35. The van der Waals surface area contributed by atoms with Gasteiger partial charge in [0.25, 0.3) is 0 Å². The Kier molecular flexibility index (Phi) is 5.05. The van der Waals surface area contributed by atoms with Crippen LogP contribution >= 0.6 is 0 Å². The van der Waals surface area contributed by atoms with Gasteiger partial charge in [-0.25, -0.2) is 0 Å². The van der Waals surface area contributed by atoms with Crippen molar-refractivity contribution in [1.82, 2.24) is 4.90 Å². The van der Waals surface area contributed by atoms with Gasteiger partial charge in [-0.15, -0.1) is 0 Å². The Balaban J connectivity index is 2.41. The second-order valence-electron chi connectivity index (χ2n) is 4.13. The van der Waals surface area contributed by atoms with Gasteiger partial charge >= 0.3 is 0 Å². The Bertz CT molecular complexity index is 209. The smallest absolute Gasteiger partial charge is 0.249 e. The van der Waals surface area contributed by atoms with Crippen molar-refractivity contribution >= 4 is 5.91 Å². The Morgan fingerprint density at radius 2 is 2.27 bits per heavy atom. The second-order valence-corrected chi connectivity index (χ2v) is 4.13. The molecule has 1 aliphatic heterocycles. The molecule has 0 radical (unpaired) electrons. The topological polar surface area (TPSA) is 55.6 Å². The normalized spacial score (nSPS) is 25.9. The van der Waals surface area contributed by atoms with Crippen LogP contribution in [-0.2, 0) is 9.53 Å².